The molecule has 3 N–H and O–H groups in total. The lowest BCUT2D eigenvalue weighted by atomic mass is 9.80. The maximum atomic E-state index is 9.19. The van der Waals surface area contributed by atoms with Gasteiger partial charge in [0.1, 0.15) is 0 Å². The Morgan fingerprint density at radius 1 is 1.17 bits per heavy atom. The van der Waals surface area contributed by atoms with Gasteiger partial charge in [-0.2, -0.15) is 8.42 Å². The molecule has 1 saturated carbocycles. The third-order valence-corrected chi connectivity index (χ3v) is 3.05. The van der Waals surface area contributed by atoms with Crippen molar-refractivity contribution in [3.8, 4) is 0 Å². The number of nitrogens with two attached hydrogens (primary N) is 1. The summed E-state index contributed by atoms with van der Waals surface area (Å²) in [6.07, 6.45) is 5.83. The molecule has 1 aromatic rings. The van der Waals surface area contributed by atoms with Crippen molar-refractivity contribution in [1.29, 1.82) is 0 Å². The van der Waals surface area contributed by atoms with Crippen LogP contribution in [0.5, 0.6) is 0 Å². The first kappa shape index (κ1) is 15.1. The Morgan fingerprint density at radius 2 is 1.67 bits per heavy atom. The predicted octanol–water partition coefficient (Wildman–Crippen LogP) is 2.18. The summed E-state index contributed by atoms with van der Waals surface area (Å²) in [6.45, 7) is 0. The van der Waals surface area contributed by atoms with Gasteiger partial charge in [-0.25, -0.2) is 0 Å². The van der Waals surface area contributed by atoms with E-state index >= 15 is 0 Å². The van der Waals surface area contributed by atoms with Gasteiger partial charge in [-0.3, -0.25) is 4.55 Å². The van der Waals surface area contributed by atoms with Crippen molar-refractivity contribution in [2.75, 3.05) is 6.26 Å². The summed E-state index contributed by atoms with van der Waals surface area (Å²) >= 11 is 0. The summed E-state index contributed by atoms with van der Waals surface area (Å²) in [5.74, 6) is 0.606. The predicted molar refractivity (Wildman–Crippen MR) is 73.1 cm³/mol. The Kier molecular flexibility index (Phi) is 5.78. The SMILES string of the molecule is CS(=O)(=O)O.N[C@H]1CCCC[C@@H]1c1ccccc1. The average Bonchev–Trinajstić information content (AvgIpc) is 2.29. The van der Waals surface area contributed by atoms with Gasteiger partial charge in [0.25, 0.3) is 10.1 Å². The zero-order chi connectivity index (χ0) is 13.6. The third-order valence-electron chi connectivity index (χ3n) is 3.05. The first-order valence-electron chi connectivity index (χ1n) is 6.11. The van der Waals surface area contributed by atoms with Crippen molar-refractivity contribution >= 4 is 10.1 Å². The molecule has 0 aromatic heterocycles. The highest BCUT2D eigenvalue weighted by Crippen LogP contribution is 2.31. The summed E-state index contributed by atoms with van der Waals surface area (Å²) in [5.41, 5.74) is 7.54. The fraction of sp³-hybridized carbons (Fsp3) is 0.538. The molecule has 4 nitrogen and oxygen atoms in total. The highest BCUT2D eigenvalue weighted by Gasteiger charge is 2.22. The van der Waals surface area contributed by atoms with Crippen molar-refractivity contribution in [3.63, 3.8) is 0 Å². The molecular weight excluding hydrogens is 250 g/mol. The quantitative estimate of drug-likeness (QED) is 0.767. The van der Waals surface area contributed by atoms with E-state index in [-0.39, 0.29) is 0 Å². The van der Waals surface area contributed by atoms with Gasteiger partial charge >= 0.3 is 0 Å². The Hall–Kier alpha value is -0.910. The fourth-order valence-electron chi connectivity index (χ4n) is 2.27. The Morgan fingerprint density at radius 3 is 2.17 bits per heavy atom. The Bertz CT molecular complexity index is 437. The smallest absolute Gasteiger partial charge is 0.261 e. The van der Waals surface area contributed by atoms with Crippen LogP contribution in [0.15, 0.2) is 30.3 Å². The van der Waals surface area contributed by atoms with E-state index in [0.717, 1.165) is 0 Å². The molecule has 1 aromatic carbocycles. The number of hydrogen-bond donors (Lipinski definition) is 2. The molecule has 2 atom stereocenters. The van der Waals surface area contributed by atoms with Crippen molar-refractivity contribution in [2.45, 2.75) is 37.6 Å². The van der Waals surface area contributed by atoms with E-state index in [1.54, 1.807) is 0 Å². The van der Waals surface area contributed by atoms with Crippen molar-refractivity contribution in [3.05, 3.63) is 35.9 Å². The summed E-state index contributed by atoms with van der Waals surface area (Å²) in [5, 5.41) is 0. The second kappa shape index (κ2) is 6.87. The summed E-state index contributed by atoms with van der Waals surface area (Å²) in [7, 11) is -3.67. The van der Waals surface area contributed by atoms with E-state index < -0.39 is 10.1 Å². The normalized spacial score (nSPS) is 23.9. The lowest BCUT2D eigenvalue weighted by Gasteiger charge is -2.28. The minimum atomic E-state index is -3.67. The molecule has 0 amide bonds. The molecule has 102 valence electrons. The van der Waals surface area contributed by atoms with Gasteiger partial charge in [0.05, 0.1) is 6.26 Å². The van der Waals surface area contributed by atoms with E-state index in [9.17, 15) is 8.42 Å². The van der Waals surface area contributed by atoms with Crippen LogP contribution in [0.2, 0.25) is 0 Å². The Balaban J connectivity index is 0.000000280. The first-order valence-corrected chi connectivity index (χ1v) is 7.95. The van der Waals surface area contributed by atoms with Gasteiger partial charge < -0.3 is 5.73 Å². The van der Waals surface area contributed by atoms with E-state index in [2.05, 4.69) is 30.3 Å². The third kappa shape index (κ3) is 6.14. The standard InChI is InChI=1S/C12H17N.CH4O3S/c13-12-9-5-4-8-11(12)10-6-2-1-3-7-10;1-5(2,3)4/h1-3,6-7,11-12H,4-5,8-9,13H2;1H3,(H,2,3,4)/t11-,12+;/m1./s1. The molecule has 0 heterocycles. The van der Waals surface area contributed by atoms with Gasteiger partial charge in [-0.1, -0.05) is 43.2 Å². The van der Waals surface area contributed by atoms with Crippen LogP contribution in [0, 0.1) is 0 Å². The van der Waals surface area contributed by atoms with E-state index in [1.807, 2.05) is 0 Å². The maximum Gasteiger partial charge on any atom is 0.261 e. The Labute approximate surface area is 109 Å². The fourth-order valence-corrected chi connectivity index (χ4v) is 2.27. The van der Waals surface area contributed by atoms with Crippen molar-refractivity contribution in [1.82, 2.24) is 0 Å². The molecule has 1 aliphatic carbocycles. The molecule has 2 rings (SSSR count). The number of hydrogen-bond acceptors (Lipinski definition) is 3. The average molecular weight is 271 g/mol. The second-order valence-electron chi connectivity index (χ2n) is 4.70. The minimum Gasteiger partial charge on any atom is -0.327 e. The van der Waals surface area contributed by atoms with Gasteiger partial charge in [0.2, 0.25) is 0 Å². The molecule has 1 aliphatic rings. The monoisotopic (exact) mass is 271 g/mol. The summed E-state index contributed by atoms with van der Waals surface area (Å²) in [6, 6.07) is 11.1. The molecule has 0 bridgehead atoms. The maximum absolute atomic E-state index is 9.19. The van der Waals surface area contributed by atoms with Crippen molar-refractivity contribution in [2.24, 2.45) is 5.73 Å². The van der Waals surface area contributed by atoms with Crippen LogP contribution >= 0.6 is 0 Å². The highest BCUT2D eigenvalue weighted by atomic mass is 32.2. The van der Waals surface area contributed by atoms with Gasteiger partial charge in [0.15, 0.2) is 0 Å². The van der Waals surface area contributed by atoms with E-state index in [4.69, 9.17) is 10.3 Å². The molecule has 0 radical (unpaired) electrons. The van der Waals surface area contributed by atoms with Crippen LogP contribution in [0.1, 0.15) is 37.2 Å². The lowest BCUT2D eigenvalue weighted by Crippen LogP contribution is -2.31. The topological polar surface area (TPSA) is 80.4 Å². The lowest BCUT2D eigenvalue weighted by molar-refractivity contribution is 0.385. The van der Waals surface area contributed by atoms with Crippen LogP contribution in [0.4, 0.5) is 0 Å². The van der Waals surface area contributed by atoms with E-state index in [0.29, 0.717) is 18.2 Å². The zero-order valence-corrected chi connectivity index (χ0v) is 11.4. The molecule has 1 fully saturated rings. The van der Waals surface area contributed by atoms with Crippen LogP contribution in [0.3, 0.4) is 0 Å². The zero-order valence-electron chi connectivity index (χ0n) is 10.6. The largest absolute Gasteiger partial charge is 0.327 e. The van der Waals surface area contributed by atoms with Gasteiger partial charge in [-0.15, -0.1) is 0 Å². The van der Waals surface area contributed by atoms with Crippen molar-refractivity contribution < 1.29 is 13.0 Å². The van der Waals surface area contributed by atoms with Crippen LogP contribution in [0.25, 0.3) is 0 Å². The van der Waals surface area contributed by atoms with Gasteiger partial charge in [0, 0.05) is 6.04 Å². The van der Waals surface area contributed by atoms with Crippen LogP contribution in [-0.4, -0.2) is 25.3 Å². The molecule has 0 aliphatic heterocycles. The molecule has 5 heteroatoms. The molecule has 0 spiro atoms. The van der Waals surface area contributed by atoms with Gasteiger partial charge in [-0.05, 0) is 24.3 Å². The van der Waals surface area contributed by atoms with Crippen LogP contribution < -0.4 is 5.73 Å². The number of rotatable bonds is 1. The summed E-state index contributed by atoms with van der Waals surface area (Å²) in [4.78, 5) is 0. The second-order valence-corrected chi connectivity index (χ2v) is 6.16. The highest BCUT2D eigenvalue weighted by molar-refractivity contribution is 7.85. The molecule has 0 unspecified atom stereocenters. The summed E-state index contributed by atoms with van der Waals surface area (Å²) < 4.78 is 25.9. The first-order chi connectivity index (χ1) is 8.38. The minimum absolute atomic E-state index is 0.385. The molecule has 0 saturated heterocycles. The number of benzene rings is 1. The van der Waals surface area contributed by atoms with E-state index in [1.165, 1.54) is 31.2 Å². The molecule has 18 heavy (non-hydrogen) atoms. The molecular formula is C13H21NO3S. The van der Waals surface area contributed by atoms with Crippen LogP contribution in [-0.2, 0) is 10.1 Å².